The second-order valence-corrected chi connectivity index (χ2v) is 8.32. The van der Waals surface area contributed by atoms with E-state index in [0.717, 1.165) is 32.2 Å². The van der Waals surface area contributed by atoms with E-state index in [4.69, 9.17) is 0 Å². The zero-order valence-corrected chi connectivity index (χ0v) is 13.9. The van der Waals surface area contributed by atoms with Gasteiger partial charge >= 0.3 is 0 Å². The molecule has 0 unspecified atom stereocenters. The summed E-state index contributed by atoms with van der Waals surface area (Å²) in [6.45, 7) is 5.89. The van der Waals surface area contributed by atoms with Gasteiger partial charge in [0.25, 0.3) is 0 Å². The number of hydrogen-bond acceptors (Lipinski definition) is 4. The molecule has 0 bridgehead atoms. The van der Waals surface area contributed by atoms with E-state index in [1.165, 1.54) is 6.20 Å². The monoisotopic (exact) mass is 314 g/mol. The van der Waals surface area contributed by atoms with Crippen molar-refractivity contribution in [2.45, 2.75) is 57.0 Å². The first-order chi connectivity index (χ1) is 9.82. The van der Waals surface area contributed by atoms with Crippen LogP contribution in [0.2, 0.25) is 0 Å². The Kier molecular flexibility index (Phi) is 5.06. The second kappa shape index (κ2) is 6.46. The van der Waals surface area contributed by atoms with E-state index < -0.39 is 10.0 Å². The van der Waals surface area contributed by atoms with Crippen LogP contribution < -0.4 is 10.0 Å². The maximum Gasteiger partial charge on any atom is 0.243 e. The molecule has 1 aliphatic carbocycles. The summed E-state index contributed by atoms with van der Waals surface area (Å²) in [5, 5.41) is 7.11. The number of nitrogens with one attached hydrogen (secondary N) is 2. The van der Waals surface area contributed by atoms with Crippen molar-refractivity contribution in [1.29, 1.82) is 0 Å². The predicted molar refractivity (Wildman–Crippen MR) is 82.5 cm³/mol. The Bertz CT molecular complexity index is 555. The number of hydrogen-bond donors (Lipinski definition) is 2. The molecular formula is C14H26N4O2S. The summed E-state index contributed by atoms with van der Waals surface area (Å²) in [4.78, 5) is 0.253. The summed E-state index contributed by atoms with van der Waals surface area (Å²) in [6, 6.07) is 0.0451. The lowest BCUT2D eigenvalue weighted by Crippen LogP contribution is -2.39. The van der Waals surface area contributed by atoms with E-state index in [1.54, 1.807) is 10.9 Å². The zero-order chi connectivity index (χ0) is 15.5. The fourth-order valence-corrected chi connectivity index (χ4v) is 3.89. The second-order valence-electron chi connectivity index (χ2n) is 6.60. The summed E-state index contributed by atoms with van der Waals surface area (Å²) in [5.41, 5.74) is 0.333. The van der Waals surface area contributed by atoms with E-state index in [9.17, 15) is 8.42 Å². The molecule has 6 nitrogen and oxygen atoms in total. The van der Waals surface area contributed by atoms with Crippen LogP contribution >= 0.6 is 0 Å². The Morgan fingerprint density at radius 1 is 1.38 bits per heavy atom. The summed E-state index contributed by atoms with van der Waals surface area (Å²) in [6.07, 6.45) is 6.93. The van der Waals surface area contributed by atoms with Gasteiger partial charge in [-0.3, -0.25) is 4.68 Å². The van der Waals surface area contributed by atoms with Crippen molar-refractivity contribution in [2.24, 2.45) is 5.41 Å². The maximum atomic E-state index is 12.4. The van der Waals surface area contributed by atoms with E-state index in [1.807, 2.05) is 7.05 Å². The molecule has 0 aliphatic heterocycles. The van der Waals surface area contributed by atoms with Gasteiger partial charge in [-0.25, -0.2) is 13.1 Å². The third-order valence-electron chi connectivity index (χ3n) is 4.17. The molecular weight excluding hydrogens is 288 g/mol. The van der Waals surface area contributed by atoms with Gasteiger partial charge in [0, 0.05) is 18.8 Å². The zero-order valence-electron chi connectivity index (χ0n) is 13.1. The molecule has 1 saturated carbocycles. The molecule has 2 N–H and O–H groups in total. The van der Waals surface area contributed by atoms with Crippen molar-refractivity contribution in [3.05, 3.63) is 12.4 Å². The topological polar surface area (TPSA) is 76.0 Å². The Hall–Kier alpha value is -0.920. The maximum absolute atomic E-state index is 12.4. The molecule has 21 heavy (non-hydrogen) atoms. The van der Waals surface area contributed by atoms with E-state index in [-0.39, 0.29) is 10.9 Å². The fourth-order valence-electron chi connectivity index (χ4n) is 2.64. The summed E-state index contributed by atoms with van der Waals surface area (Å²) >= 11 is 0. The van der Waals surface area contributed by atoms with Crippen LogP contribution in [0, 0.1) is 5.41 Å². The van der Waals surface area contributed by atoms with Crippen LogP contribution in [0.5, 0.6) is 0 Å². The highest BCUT2D eigenvalue weighted by molar-refractivity contribution is 7.89. The lowest BCUT2D eigenvalue weighted by atomic mass is 9.76. The first-order valence-electron chi connectivity index (χ1n) is 7.52. The van der Waals surface area contributed by atoms with Gasteiger partial charge in [-0.05, 0) is 38.1 Å². The van der Waals surface area contributed by atoms with Gasteiger partial charge in [0.2, 0.25) is 10.0 Å². The molecule has 1 heterocycles. The van der Waals surface area contributed by atoms with Crippen molar-refractivity contribution in [1.82, 2.24) is 19.8 Å². The molecule has 120 valence electrons. The molecule has 0 atom stereocenters. The normalized spacial score (nSPS) is 19.8. The molecule has 0 saturated heterocycles. The van der Waals surface area contributed by atoms with Gasteiger partial charge < -0.3 is 5.32 Å². The Labute approximate surface area is 127 Å². The molecule has 0 amide bonds. The van der Waals surface area contributed by atoms with Gasteiger partial charge in [-0.15, -0.1) is 0 Å². The molecule has 1 aliphatic rings. The fraction of sp³-hybridized carbons (Fsp3) is 0.786. The third kappa shape index (κ3) is 4.52. The highest BCUT2D eigenvalue weighted by Gasteiger charge is 2.30. The number of aromatic nitrogens is 2. The summed E-state index contributed by atoms with van der Waals surface area (Å²) in [7, 11) is -1.60. The van der Waals surface area contributed by atoms with Crippen LogP contribution in [0.3, 0.4) is 0 Å². The van der Waals surface area contributed by atoms with Crippen molar-refractivity contribution in [2.75, 3.05) is 13.6 Å². The molecule has 1 fully saturated rings. The number of sulfonamides is 1. The molecule has 7 heteroatoms. The smallest absolute Gasteiger partial charge is 0.243 e. The molecule has 2 rings (SSSR count). The van der Waals surface area contributed by atoms with Gasteiger partial charge in [-0.1, -0.05) is 13.8 Å². The SMILES string of the molecule is CNCCn1cc(S(=O)(=O)NC2CCC(C)(C)CC2)cn1. The number of likely N-dealkylation sites (N-methyl/N-ethyl adjacent to an activating group) is 1. The van der Waals surface area contributed by atoms with E-state index >= 15 is 0 Å². The minimum Gasteiger partial charge on any atom is -0.318 e. The predicted octanol–water partition coefficient (Wildman–Crippen LogP) is 1.35. The van der Waals surface area contributed by atoms with Gasteiger partial charge in [-0.2, -0.15) is 5.10 Å². The molecule has 0 radical (unpaired) electrons. The quantitative estimate of drug-likeness (QED) is 0.831. The largest absolute Gasteiger partial charge is 0.318 e. The molecule has 1 aromatic heterocycles. The number of nitrogens with zero attached hydrogens (tertiary/aromatic N) is 2. The molecule has 0 aromatic carbocycles. The Morgan fingerprint density at radius 3 is 2.67 bits per heavy atom. The first-order valence-corrected chi connectivity index (χ1v) is 9.00. The Morgan fingerprint density at radius 2 is 2.05 bits per heavy atom. The molecule has 0 spiro atoms. The average molecular weight is 314 g/mol. The van der Waals surface area contributed by atoms with Crippen LogP contribution in [-0.4, -0.2) is 37.8 Å². The van der Waals surface area contributed by atoms with E-state index in [2.05, 4.69) is 29.0 Å². The first kappa shape index (κ1) is 16.5. The molecule has 1 aromatic rings. The third-order valence-corrected chi connectivity index (χ3v) is 5.65. The lowest BCUT2D eigenvalue weighted by Gasteiger charge is -2.34. The van der Waals surface area contributed by atoms with Crippen LogP contribution in [-0.2, 0) is 16.6 Å². The highest BCUT2D eigenvalue weighted by Crippen LogP contribution is 2.35. The van der Waals surface area contributed by atoms with Crippen LogP contribution in [0.4, 0.5) is 0 Å². The van der Waals surface area contributed by atoms with Crippen molar-refractivity contribution >= 4 is 10.0 Å². The standard InChI is InChI=1S/C14H26N4O2S/c1-14(2)6-4-12(5-7-14)17-21(19,20)13-10-16-18(11-13)9-8-15-3/h10-12,15,17H,4-9H2,1-3H3. The lowest BCUT2D eigenvalue weighted by molar-refractivity contribution is 0.218. The van der Waals surface area contributed by atoms with Gasteiger partial charge in [0.1, 0.15) is 4.90 Å². The minimum atomic E-state index is -3.46. The number of rotatable bonds is 6. The summed E-state index contributed by atoms with van der Waals surface area (Å²) < 4.78 is 29.2. The minimum absolute atomic E-state index is 0.0451. The Balaban J connectivity index is 1.97. The van der Waals surface area contributed by atoms with Crippen LogP contribution in [0.1, 0.15) is 39.5 Å². The highest BCUT2D eigenvalue weighted by atomic mass is 32.2. The average Bonchev–Trinajstić information content (AvgIpc) is 2.88. The van der Waals surface area contributed by atoms with Crippen molar-refractivity contribution in [3.63, 3.8) is 0 Å². The van der Waals surface area contributed by atoms with Gasteiger partial charge in [0.15, 0.2) is 0 Å². The van der Waals surface area contributed by atoms with Gasteiger partial charge in [0.05, 0.1) is 12.7 Å². The van der Waals surface area contributed by atoms with Crippen molar-refractivity contribution < 1.29 is 8.42 Å². The van der Waals surface area contributed by atoms with Crippen molar-refractivity contribution in [3.8, 4) is 0 Å². The van der Waals surface area contributed by atoms with E-state index in [0.29, 0.717) is 12.0 Å². The van der Waals surface area contributed by atoms with Crippen LogP contribution in [0.15, 0.2) is 17.3 Å². The summed E-state index contributed by atoms with van der Waals surface area (Å²) in [5.74, 6) is 0. The van der Waals surface area contributed by atoms with Crippen LogP contribution in [0.25, 0.3) is 0 Å².